The maximum absolute atomic E-state index is 13.2. The molecule has 0 saturated carbocycles. The smallest absolute Gasteiger partial charge is 0.322 e. The minimum absolute atomic E-state index is 0.0670. The van der Waals surface area contributed by atoms with E-state index in [0.29, 0.717) is 24.2 Å². The fourth-order valence-electron chi connectivity index (χ4n) is 5.49. The standard InChI is InChI=1S/C23H43N3O2/c1-15(2)9-11-21(7)14-23(19(27)24-20(28)25-23)18(13-17(5)6)22(8,26-21)12-10-16(3)4/h15-18,26H,9-14H2,1-8H3,(H2,24,25,27,28). The van der Waals surface area contributed by atoms with Crippen LogP contribution in [0.3, 0.4) is 0 Å². The molecule has 2 aliphatic heterocycles. The Kier molecular flexibility index (Phi) is 6.90. The zero-order valence-corrected chi connectivity index (χ0v) is 19.4. The molecule has 2 rings (SSSR count). The number of carbonyl (C=O) groups is 2. The first-order valence-electron chi connectivity index (χ1n) is 11.2. The van der Waals surface area contributed by atoms with Gasteiger partial charge in [0, 0.05) is 17.0 Å². The molecule has 3 N–H and O–H groups in total. The second kappa shape index (κ2) is 8.33. The van der Waals surface area contributed by atoms with Gasteiger partial charge in [-0.2, -0.15) is 0 Å². The largest absolute Gasteiger partial charge is 0.323 e. The Bertz CT molecular complexity index is 588. The fourth-order valence-corrected chi connectivity index (χ4v) is 5.49. The van der Waals surface area contributed by atoms with E-state index in [-0.39, 0.29) is 28.9 Å². The summed E-state index contributed by atoms with van der Waals surface area (Å²) in [7, 11) is 0. The van der Waals surface area contributed by atoms with Crippen LogP contribution < -0.4 is 16.0 Å². The van der Waals surface area contributed by atoms with E-state index in [0.717, 1.165) is 32.1 Å². The molecule has 0 aromatic rings. The number of carbonyl (C=O) groups excluding carboxylic acids is 2. The highest BCUT2D eigenvalue weighted by Gasteiger charge is 2.63. The predicted octanol–water partition coefficient (Wildman–Crippen LogP) is 4.61. The fraction of sp³-hybridized carbons (Fsp3) is 0.913. The Labute approximate surface area is 172 Å². The van der Waals surface area contributed by atoms with Crippen LogP contribution in [-0.4, -0.2) is 28.6 Å². The van der Waals surface area contributed by atoms with Gasteiger partial charge < -0.3 is 10.6 Å². The monoisotopic (exact) mass is 393 g/mol. The zero-order valence-electron chi connectivity index (χ0n) is 19.4. The molecule has 2 heterocycles. The van der Waals surface area contributed by atoms with E-state index in [9.17, 15) is 9.59 Å². The third-order valence-corrected chi connectivity index (χ3v) is 6.81. The van der Waals surface area contributed by atoms with Crippen molar-refractivity contribution in [2.24, 2.45) is 23.7 Å². The molecular formula is C23H43N3O2. The summed E-state index contributed by atoms with van der Waals surface area (Å²) in [6.45, 7) is 17.9. The molecule has 1 spiro atoms. The van der Waals surface area contributed by atoms with E-state index in [1.165, 1.54) is 0 Å². The average molecular weight is 394 g/mol. The van der Waals surface area contributed by atoms with Crippen molar-refractivity contribution in [1.29, 1.82) is 0 Å². The molecule has 5 nitrogen and oxygen atoms in total. The van der Waals surface area contributed by atoms with Gasteiger partial charge in [0.1, 0.15) is 5.54 Å². The van der Waals surface area contributed by atoms with E-state index in [1.807, 2.05) is 0 Å². The highest BCUT2D eigenvalue weighted by Crippen LogP contribution is 2.48. The van der Waals surface area contributed by atoms with Crippen LogP contribution in [0.1, 0.15) is 93.9 Å². The minimum Gasteiger partial charge on any atom is -0.323 e. The lowest BCUT2D eigenvalue weighted by atomic mass is 9.58. The van der Waals surface area contributed by atoms with Crippen molar-refractivity contribution in [2.75, 3.05) is 0 Å². The number of hydrogen-bond donors (Lipinski definition) is 3. The van der Waals surface area contributed by atoms with Gasteiger partial charge in [-0.1, -0.05) is 41.5 Å². The molecule has 162 valence electrons. The SMILES string of the molecule is CC(C)CCC1(C)CC2(NC(=O)NC2=O)C(CC(C)C)C(C)(CCC(C)C)N1. The van der Waals surface area contributed by atoms with Gasteiger partial charge in [-0.25, -0.2) is 4.79 Å². The van der Waals surface area contributed by atoms with Gasteiger partial charge in [0.25, 0.3) is 5.91 Å². The topological polar surface area (TPSA) is 70.2 Å². The molecule has 4 atom stereocenters. The van der Waals surface area contributed by atoms with Gasteiger partial charge in [0.2, 0.25) is 0 Å². The normalized spacial score (nSPS) is 35.9. The van der Waals surface area contributed by atoms with Crippen LogP contribution in [0.5, 0.6) is 0 Å². The number of imide groups is 1. The molecule has 5 heteroatoms. The van der Waals surface area contributed by atoms with Gasteiger partial charge in [-0.05, 0) is 70.1 Å². The quantitative estimate of drug-likeness (QED) is 0.527. The lowest BCUT2D eigenvalue weighted by Gasteiger charge is -2.59. The van der Waals surface area contributed by atoms with Crippen molar-refractivity contribution in [2.45, 2.75) is 111 Å². The first kappa shape index (κ1) is 23.2. The number of hydrogen-bond acceptors (Lipinski definition) is 3. The van der Waals surface area contributed by atoms with Crippen LogP contribution in [0.2, 0.25) is 0 Å². The van der Waals surface area contributed by atoms with Crippen LogP contribution >= 0.6 is 0 Å². The van der Waals surface area contributed by atoms with Crippen molar-refractivity contribution >= 4 is 11.9 Å². The van der Waals surface area contributed by atoms with Crippen LogP contribution in [0, 0.1) is 23.7 Å². The third kappa shape index (κ3) is 4.90. The molecule has 28 heavy (non-hydrogen) atoms. The van der Waals surface area contributed by atoms with Gasteiger partial charge in [0.05, 0.1) is 0 Å². The average Bonchev–Trinajstić information content (AvgIpc) is 2.81. The Morgan fingerprint density at radius 1 is 0.929 bits per heavy atom. The van der Waals surface area contributed by atoms with Gasteiger partial charge >= 0.3 is 6.03 Å². The third-order valence-electron chi connectivity index (χ3n) is 6.81. The Morgan fingerprint density at radius 3 is 1.96 bits per heavy atom. The molecule has 2 fully saturated rings. The molecule has 0 aliphatic carbocycles. The highest BCUT2D eigenvalue weighted by atomic mass is 16.2. The van der Waals surface area contributed by atoms with Gasteiger partial charge in [0.15, 0.2) is 0 Å². The maximum atomic E-state index is 13.2. The van der Waals surface area contributed by atoms with Crippen LogP contribution in [0.25, 0.3) is 0 Å². The van der Waals surface area contributed by atoms with E-state index in [1.54, 1.807) is 0 Å². The second-order valence-electron chi connectivity index (χ2n) is 11.2. The van der Waals surface area contributed by atoms with Crippen LogP contribution in [-0.2, 0) is 4.79 Å². The number of piperidine rings is 1. The number of nitrogens with one attached hydrogen (secondary N) is 3. The Hall–Kier alpha value is -1.10. The molecule has 0 aromatic heterocycles. The number of urea groups is 1. The summed E-state index contributed by atoms with van der Waals surface area (Å²) in [5.41, 5.74) is -1.20. The van der Waals surface area contributed by atoms with Gasteiger partial charge in [-0.3, -0.25) is 10.1 Å². The Morgan fingerprint density at radius 2 is 1.50 bits per heavy atom. The van der Waals surface area contributed by atoms with Crippen molar-refractivity contribution in [1.82, 2.24) is 16.0 Å². The molecule has 4 unspecified atom stereocenters. The molecule has 2 aliphatic rings. The molecular weight excluding hydrogens is 350 g/mol. The summed E-state index contributed by atoms with van der Waals surface area (Å²) in [5.74, 6) is 1.60. The number of rotatable bonds is 8. The summed E-state index contributed by atoms with van der Waals surface area (Å²) in [4.78, 5) is 25.4. The number of amides is 3. The van der Waals surface area contributed by atoms with E-state index >= 15 is 0 Å². The molecule has 3 amide bonds. The van der Waals surface area contributed by atoms with Crippen molar-refractivity contribution < 1.29 is 9.59 Å². The van der Waals surface area contributed by atoms with Crippen molar-refractivity contribution in [3.63, 3.8) is 0 Å². The molecule has 0 aromatic carbocycles. The summed E-state index contributed by atoms with van der Waals surface area (Å²) < 4.78 is 0. The zero-order chi connectivity index (χ0) is 21.3. The second-order valence-corrected chi connectivity index (χ2v) is 11.2. The lowest BCUT2D eigenvalue weighted by Crippen LogP contribution is -2.75. The minimum atomic E-state index is -0.815. The highest BCUT2D eigenvalue weighted by molar-refractivity contribution is 6.07. The first-order valence-corrected chi connectivity index (χ1v) is 11.2. The summed E-state index contributed by atoms with van der Waals surface area (Å²) in [5, 5.41) is 9.72. The molecule has 2 saturated heterocycles. The summed E-state index contributed by atoms with van der Waals surface area (Å²) >= 11 is 0. The predicted molar refractivity (Wildman–Crippen MR) is 115 cm³/mol. The van der Waals surface area contributed by atoms with E-state index < -0.39 is 5.54 Å². The van der Waals surface area contributed by atoms with Crippen molar-refractivity contribution in [3.8, 4) is 0 Å². The first-order chi connectivity index (χ1) is 12.8. The Balaban J connectivity index is 2.49. The van der Waals surface area contributed by atoms with Crippen LogP contribution in [0.15, 0.2) is 0 Å². The van der Waals surface area contributed by atoms with Crippen LogP contribution in [0.4, 0.5) is 4.79 Å². The summed E-state index contributed by atoms with van der Waals surface area (Å²) in [6.07, 6.45) is 5.77. The van der Waals surface area contributed by atoms with E-state index in [4.69, 9.17) is 0 Å². The van der Waals surface area contributed by atoms with Crippen molar-refractivity contribution in [3.05, 3.63) is 0 Å². The summed E-state index contributed by atoms with van der Waals surface area (Å²) in [6, 6.07) is -0.335. The van der Waals surface area contributed by atoms with E-state index in [2.05, 4.69) is 71.3 Å². The lowest BCUT2D eigenvalue weighted by molar-refractivity contribution is -0.133. The molecule has 0 bridgehead atoms. The van der Waals surface area contributed by atoms with Gasteiger partial charge in [-0.15, -0.1) is 0 Å². The maximum Gasteiger partial charge on any atom is 0.322 e. The molecule has 0 radical (unpaired) electrons.